The fourth-order valence-electron chi connectivity index (χ4n) is 5.67. The first-order chi connectivity index (χ1) is 23.5. The summed E-state index contributed by atoms with van der Waals surface area (Å²) in [5, 5.41) is 6.24. The van der Waals surface area contributed by atoms with Gasteiger partial charge in [0, 0.05) is 47.7 Å². The second-order valence-electron chi connectivity index (χ2n) is 14.1. The number of anilines is 1. The summed E-state index contributed by atoms with van der Waals surface area (Å²) in [7, 11) is 1.59. The molecule has 0 radical (unpaired) electrons. The molecule has 3 heterocycles. The molecule has 264 valence electrons. The van der Waals surface area contributed by atoms with Crippen LogP contribution in [0.5, 0.6) is 5.75 Å². The van der Waals surface area contributed by atoms with Crippen LogP contribution in [0.3, 0.4) is 0 Å². The van der Waals surface area contributed by atoms with Crippen LogP contribution >= 0.6 is 11.3 Å². The smallest absolute Gasteiger partial charge is 0.397 e. The number of thiophene rings is 1. The summed E-state index contributed by atoms with van der Waals surface area (Å²) in [6, 6.07) is 14.5. The third-order valence-corrected chi connectivity index (χ3v) is 9.02. The summed E-state index contributed by atoms with van der Waals surface area (Å²) >= 11 is 1.18. The van der Waals surface area contributed by atoms with Gasteiger partial charge in [0.25, 0.3) is 11.7 Å². The van der Waals surface area contributed by atoms with Gasteiger partial charge in [-0.3, -0.25) is 19.3 Å². The lowest BCUT2D eigenvalue weighted by atomic mass is 9.95. The van der Waals surface area contributed by atoms with E-state index in [2.05, 4.69) is 20.5 Å². The highest BCUT2D eigenvalue weighted by Gasteiger charge is 2.37. The number of benzene rings is 2. The van der Waals surface area contributed by atoms with E-state index in [1.165, 1.54) is 17.5 Å². The Labute approximate surface area is 294 Å². The Hall–Kier alpha value is -5.01. The summed E-state index contributed by atoms with van der Waals surface area (Å²) in [4.78, 5) is 71.7. The molecule has 12 nitrogen and oxygen atoms in total. The second kappa shape index (κ2) is 14.5. The number of nitrogens with zero attached hydrogens (tertiary/aromatic N) is 1. The van der Waals surface area contributed by atoms with Gasteiger partial charge in [-0.05, 0) is 77.3 Å². The Morgan fingerprint density at radius 1 is 0.920 bits per heavy atom. The van der Waals surface area contributed by atoms with E-state index in [0.717, 1.165) is 16.0 Å². The predicted molar refractivity (Wildman–Crippen MR) is 189 cm³/mol. The molecule has 13 heteroatoms. The SMILES string of the molecule is COc1ccc(CN2Cc3sc(NC(=O)C(=O)OC(C)(C)C)c(C(=O)OC(C)(C)C)c3CC2CNC(=O)C(=O)c2c[nH]c3ccccc23)cc1. The van der Waals surface area contributed by atoms with Crippen molar-refractivity contribution < 1.29 is 38.2 Å². The average molecular weight is 703 g/mol. The summed E-state index contributed by atoms with van der Waals surface area (Å²) in [5.41, 5.74) is 1.03. The first-order valence-corrected chi connectivity index (χ1v) is 17.0. The van der Waals surface area contributed by atoms with E-state index < -0.39 is 40.7 Å². The number of rotatable bonds is 9. The van der Waals surface area contributed by atoms with E-state index in [4.69, 9.17) is 14.2 Å². The molecule has 5 rings (SSSR count). The number of hydrogen-bond donors (Lipinski definition) is 3. The summed E-state index contributed by atoms with van der Waals surface area (Å²) in [5.74, 6) is -3.47. The number of ether oxygens (including phenoxy) is 3. The van der Waals surface area contributed by atoms with Gasteiger partial charge in [-0.1, -0.05) is 30.3 Å². The number of esters is 2. The molecule has 0 bridgehead atoms. The molecular weight excluding hydrogens is 660 g/mol. The van der Waals surface area contributed by atoms with Gasteiger partial charge in [-0.15, -0.1) is 11.3 Å². The van der Waals surface area contributed by atoms with Crippen molar-refractivity contribution in [1.29, 1.82) is 0 Å². The maximum absolute atomic E-state index is 13.7. The van der Waals surface area contributed by atoms with E-state index in [1.807, 2.05) is 36.4 Å². The van der Waals surface area contributed by atoms with Crippen molar-refractivity contribution in [2.45, 2.75) is 78.3 Å². The van der Waals surface area contributed by atoms with Crippen molar-refractivity contribution in [3.05, 3.63) is 81.9 Å². The molecule has 2 aromatic carbocycles. The zero-order valence-corrected chi connectivity index (χ0v) is 30.0. The van der Waals surface area contributed by atoms with Crippen LogP contribution in [0.25, 0.3) is 10.9 Å². The molecule has 1 unspecified atom stereocenters. The number of amides is 2. The van der Waals surface area contributed by atoms with E-state index in [-0.39, 0.29) is 35.1 Å². The average Bonchev–Trinajstić information content (AvgIpc) is 3.62. The third kappa shape index (κ3) is 8.58. The Balaban J connectivity index is 1.46. The Morgan fingerprint density at radius 2 is 1.60 bits per heavy atom. The molecule has 1 aliphatic rings. The lowest BCUT2D eigenvalue weighted by Gasteiger charge is -2.36. The number of carbonyl (C=O) groups is 5. The monoisotopic (exact) mass is 702 g/mol. The van der Waals surface area contributed by atoms with Crippen LogP contribution < -0.4 is 15.4 Å². The van der Waals surface area contributed by atoms with E-state index in [1.54, 1.807) is 60.8 Å². The highest BCUT2D eigenvalue weighted by atomic mass is 32.1. The molecule has 4 aromatic rings. The van der Waals surface area contributed by atoms with Crippen LogP contribution in [-0.4, -0.2) is 70.3 Å². The van der Waals surface area contributed by atoms with Crippen molar-refractivity contribution in [2.24, 2.45) is 0 Å². The van der Waals surface area contributed by atoms with Gasteiger partial charge < -0.3 is 29.8 Å². The van der Waals surface area contributed by atoms with Gasteiger partial charge in [0.05, 0.1) is 18.2 Å². The van der Waals surface area contributed by atoms with Crippen LogP contribution in [0.1, 0.15) is 78.3 Å². The predicted octanol–water partition coefficient (Wildman–Crippen LogP) is 5.40. The highest BCUT2D eigenvalue weighted by molar-refractivity contribution is 7.17. The lowest BCUT2D eigenvalue weighted by molar-refractivity contribution is -0.161. The minimum atomic E-state index is -1.08. The van der Waals surface area contributed by atoms with Crippen LogP contribution in [0, 0.1) is 0 Å². The number of ketones is 1. The molecular formula is C37H42N4O8S. The molecule has 3 N–H and O–H groups in total. The number of aromatic nitrogens is 1. The molecule has 1 aliphatic heterocycles. The maximum Gasteiger partial charge on any atom is 0.397 e. The van der Waals surface area contributed by atoms with Crippen molar-refractivity contribution in [1.82, 2.24) is 15.2 Å². The summed E-state index contributed by atoms with van der Waals surface area (Å²) < 4.78 is 16.3. The molecule has 1 atom stereocenters. The van der Waals surface area contributed by atoms with Crippen molar-refractivity contribution in [2.75, 3.05) is 19.0 Å². The first kappa shape index (κ1) is 36.3. The molecule has 2 amide bonds. The molecule has 0 aliphatic carbocycles. The van der Waals surface area contributed by atoms with E-state index in [0.29, 0.717) is 29.8 Å². The Bertz CT molecular complexity index is 1930. The van der Waals surface area contributed by atoms with E-state index in [9.17, 15) is 24.0 Å². The Kier molecular flexibility index (Phi) is 10.5. The minimum absolute atomic E-state index is 0.0890. The number of methoxy groups -OCH3 is 1. The Morgan fingerprint density at radius 3 is 2.26 bits per heavy atom. The molecule has 50 heavy (non-hydrogen) atoms. The number of carbonyl (C=O) groups excluding carboxylic acids is 5. The van der Waals surface area contributed by atoms with E-state index >= 15 is 0 Å². The normalized spacial score (nSPS) is 14.8. The zero-order valence-electron chi connectivity index (χ0n) is 29.2. The standard InChI is InChI=1S/C37H42N4O8S/c1-36(2,3)48-34(45)29-25-16-22(17-39-31(43)30(42)26-18-38-27-11-9-8-10-24(26)27)41(19-21-12-14-23(47-7)15-13-21)20-28(25)50-33(29)40-32(44)35(46)49-37(4,5)6/h8-15,18,22,38H,16-17,19-20H2,1-7H3,(H,39,43)(H,40,44). The number of para-hydroxylation sites is 1. The van der Waals surface area contributed by atoms with Crippen LogP contribution in [-0.2, 0) is 43.4 Å². The van der Waals surface area contributed by atoms with Crippen molar-refractivity contribution in [3.63, 3.8) is 0 Å². The van der Waals surface area contributed by atoms with Gasteiger partial charge in [-0.25, -0.2) is 9.59 Å². The quantitative estimate of drug-likeness (QED) is 0.118. The number of nitrogens with one attached hydrogen (secondary N) is 3. The highest BCUT2D eigenvalue weighted by Crippen LogP contribution is 2.40. The largest absolute Gasteiger partial charge is 0.497 e. The minimum Gasteiger partial charge on any atom is -0.497 e. The van der Waals surface area contributed by atoms with Crippen molar-refractivity contribution >= 4 is 56.8 Å². The number of H-pyrrole nitrogens is 1. The fourth-order valence-corrected chi connectivity index (χ4v) is 6.91. The first-order valence-electron chi connectivity index (χ1n) is 16.2. The van der Waals surface area contributed by atoms with Gasteiger partial charge in [0.2, 0.25) is 0 Å². The molecule has 0 spiro atoms. The number of Topliss-reactive ketones (excluding diaryl/α,β-unsaturated/α-hetero) is 1. The van der Waals surface area contributed by atoms with Crippen LogP contribution in [0.2, 0.25) is 0 Å². The van der Waals surface area contributed by atoms with Gasteiger partial charge >= 0.3 is 17.8 Å². The zero-order chi connectivity index (χ0) is 36.4. The summed E-state index contributed by atoms with van der Waals surface area (Å²) in [6.07, 6.45) is 1.81. The summed E-state index contributed by atoms with van der Waals surface area (Å²) in [6.45, 7) is 11.1. The molecule has 0 saturated carbocycles. The van der Waals surface area contributed by atoms with Crippen molar-refractivity contribution in [3.8, 4) is 5.75 Å². The van der Waals surface area contributed by atoms with Gasteiger partial charge in [-0.2, -0.15) is 0 Å². The van der Waals surface area contributed by atoms with Gasteiger partial charge in [0.1, 0.15) is 22.0 Å². The van der Waals surface area contributed by atoms with Crippen LogP contribution in [0.15, 0.2) is 54.7 Å². The van der Waals surface area contributed by atoms with Gasteiger partial charge in [0.15, 0.2) is 0 Å². The fraction of sp³-hybridized carbons (Fsp3) is 0.378. The maximum atomic E-state index is 13.7. The lowest BCUT2D eigenvalue weighted by Crippen LogP contribution is -2.48. The topological polar surface area (TPSA) is 156 Å². The number of aromatic amines is 1. The number of hydrogen-bond acceptors (Lipinski definition) is 10. The third-order valence-electron chi connectivity index (χ3n) is 7.89. The molecule has 2 aromatic heterocycles. The molecule has 0 saturated heterocycles. The number of fused-ring (bicyclic) bond motifs is 2. The molecule has 0 fully saturated rings. The second-order valence-corrected chi connectivity index (χ2v) is 15.2. The van der Waals surface area contributed by atoms with Crippen LogP contribution in [0.4, 0.5) is 5.00 Å².